The molecule has 0 radical (unpaired) electrons. The molecule has 0 spiro atoms. The molecule has 0 unspecified atom stereocenters. The number of nitrogens with zero attached hydrogens (tertiary/aromatic N) is 1. The van der Waals surface area contributed by atoms with Crippen LogP contribution in [0.2, 0.25) is 0 Å². The Morgan fingerprint density at radius 3 is 2.36 bits per heavy atom. The number of carbonyl (C=O) groups is 2. The van der Waals surface area contributed by atoms with Crippen molar-refractivity contribution in [1.29, 1.82) is 0 Å². The molecular formula is C16H23FN2O3. The number of amides is 2. The largest absolute Gasteiger partial charge is 0.492 e. The lowest BCUT2D eigenvalue weighted by Gasteiger charge is -2.26. The number of ether oxygens (including phenoxy) is 1. The lowest BCUT2D eigenvalue weighted by Crippen LogP contribution is -2.50. The average molecular weight is 310 g/mol. The number of benzene rings is 1. The van der Waals surface area contributed by atoms with Gasteiger partial charge in [-0.1, -0.05) is 13.8 Å². The number of rotatable bonds is 7. The first-order valence-electron chi connectivity index (χ1n) is 7.21. The summed E-state index contributed by atoms with van der Waals surface area (Å²) in [6.07, 6.45) is 0. The molecule has 0 aromatic heterocycles. The standard InChI is InChI=1S/C16H23FN2O3/c1-11(2)15(18-12(3)20)16(21)19(4)9-10-22-14-7-5-13(17)6-8-14/h5-8,11,15H,9-10H2,1-4H3,(H,18,20)/t15-/m1/s1. The normalized spacial score (nSPS) is 11.9. The van der Waals surface area contributed by atoms with Crippen molar-refractivity contribution in [2.45, 2.75) is 26.8 Å². The van der Waals surface area contributed by atoms with E-state index in [2.05, 4.69) is 5.32 Å². The van der Waals surface area contributed by atoms with Crippen molar-refractivity contribution in [2.75, 3.05) is 20.2 Å². The highest BCUT2D eigenvalue weighted by Crippen LogP contribution is 2.11. The minimum Gasteiger partial charge on any atom is -0.492 e. The Morgan fingerprint density at radius 1 is 1.27 bits per heavy atom. The average Bonchev–Trinajstić information content (AvgIpc) is 2.45. The number of likely N-dealkylation sites (N-methyl/N-ethyl adjacent to an activating group) is 1. The zero-order valence-electron chi connectivity index (χ0n) is 13.4. The first kappa shape index (κ1) is 17.9. The van der Waals surface area contributed by atoms with E-state index in [9.17, 15) is 14.0 Å². The molecule has 1 aromatic rings. The molecule has 0 heterocycles. The molecule has 0 saturated heterocycles. The predicted molar refractivity (Wildman–Crippen MR) is 82.0 cm³/mol. The van der Waals surface area contributed by atoms with E-state index >= 15 is 0 Å². The monoisotopic (exact) mass is 310 g/mol. The fraction of sp³-hybridized carbons (Fsp3) is 0.500. The van der Waals surface area contributed by atoms with E-state index in [1.807, 2.05) is 13.8 Å². The van der Waals surface area contributed by atoms with Crippen molar-refractivity contribution in [3.63, 3.8) is 0 Å². The van der Waals surface area contributed by atoms with Gasteiger partial charge in [-0.2, -0.15) is 0 Å². The van der Waals surface area contributed by atoms with E-state index in [0.717, 1.165) is 0 Å². The van der Waals surface area contributed by atoms with Crippen molar-refractivity contribution in [3.8, 4) is 5.75 Å². The van der Waals surface area contributed by atoms with Crippen LogP contribution in [-0.2, 0) is 9.59 Å². The Kier molecular flexibility index (Phi) is 6.82. The van der Waals surface area contributed by atoms with Gasteiger partial charge in [0.15, 0.2) is 0 Å². The Labute approximate surface area is 130 Å². The highest BCUT2D eigenvalue weighted by atomic mass is 19.1. The van der Waals surface area contributed by atoms with Crippen molar-refractivity contribution >= 4 is 11.8 Å². The number of carbonyl (C=O) groups excluding carboxylic acids is 2. The quantitative estimate of drug-likeness (QED) is 0.836. The van der Waals surface area contributed by atoms with Gasteiger partial charge in [-0.3, -0.25) is 9.59 Å². The van der Waals surface area contributed by atoms with Crippen LogP contribution in [0.1, 0.15) is 20.8 Å². The topological polar surface area (TPSA) is 58.6 Å². The Morgan fingerprint density at radius 2 is 1.86 bits per heavy atom. The van der Waals surface area contributed by atoms with Crippen LogP contribution in [0.3, 0.4) is 0 Å². The van der Waals surface area contributed by atoms with E-state index in [1.165, 1.54) is 36.1 Å². The van der Waals surface area contributed by atoms with E-state index in [4.69, 9.17) is 4.74 Å². The van der Waals surface area contributed by atoms with Crippen molar-refractivity contribution in [2.24, 2.45) is 5.92 Å². The highest BCUT2D eigenvalue weighted by Gasteiger charge is 2.25. The third-order valence-electron chi connectivity index (χ3n) is 3.18. The summed E-state index contributed by atoms with van der Waals surface area (Å²) in [5.41, 5.74) is 0. The minimum absolute atomic E-state index is 0.00290. The summed E-state index contributed by atoms with van der Waals surface area (Å²) in [7, 11) is 1.66. The van der Waals surface area contributed by atoms with Crippen LogP contribution in [0.25, 0.3) is 0 Å². The lowest BCUT2D eigenvalue weighted by atomic mass is 10.0. The molecule has 6 heteroatoms. The molecular weight excluding hydrogens is 287 g/mol. The second kappa shape index (κ2) is 8.36. The predicted octanol–water partition coefficient (Wildman–Crippen LogP) is 1.82. The van der Waals surface area contributed by atoms with Crippen LogP contribution in [0.4, 0.5) is 4.39 Å². The molecule has 0 fully saturated rings. The molecule has 0 aliphatic heterocycles. The highest BCUT2D eigenvalue weighted by molar-refractivity contribution is 5.86. The maximum atomic E-state index is 12.8. The van der Waals surface area contributed by atoms with Gasteiger partial charge in [-0.25, -0.2) is 4.39 Å². The maximum Gasteiger partial charge on any atom is 0.245 e. The molecule has 1 N–H and O–H groups in total. The maximum absolute atomic E-state index is 12.8. The van der Waals surface area contributed by atoms with Gasteiger partial charge in [0.05, 0.1) is 6.54 Å². The van der Waals surface area contributed by atoms with Crippen LogP contribution in [0.5, 0.6) is 5.75 Å². The third kappa shape index (κ3) is 5.71. The van der Waals surface area contributed by atoms with E-state index < -0.39 is 6.04 Å². The van der Waals surface area contributed by atoms with Gasteiger partial charge < -0.3 is 15.0 Å². The van der Waals surface area contributed by atoms with Crippen LogP contribution >= 0.6 is 0 Å². The number of nitrogens with one attached hydrogen (secondary N) is 1. The Bertz CT molecular complexity index is 503. The fourth-order valence-corrected chi connectivity index (χ4v) is 1.91. The molecule has 122 valence electrons. The summed E-state index contributed by atoms with van der Waals surface area (Å²) >= 11 is 0. The van der Waals surface area contributed by atoms with Crippen molar-refractivity contribution in [3.05, 3.63) is 30.1 Å². The van der Waals surface area contributed by atoms with Gasteiger partial charge >= 0.3 is 0 Å². The first-order chi connectivity index (χ1) is 10.3. The molecule has 1 aromatic carbocycles. The number of hydrogen-bond donors (Lipinski definition) is 1. The van der Waals surface area contributed by atoms with E-state index in [1.54, 1.807) is 7.05 Å². The molecule has 0 aliphatic rings. The molecule has 1 rings (SSSR count). The summed E-state index contributed by atoms with van der Waals surface area (Å²) in [6, 6.07) is 5.15. The van der Waals surface area contributed by atoms with Crippen LogP contribution < -0.4 is 10.1 Å². The SMILES string of the molecule is CC(=O)N[C@@H](C(=O)N(C)CCOc1ccc(F)cc1)C(C)C. The Balaban J connectivity index is 2.48. The molecule has 2 amide bonds. The van der Waals surface area contributed by atoms with E-state index in [0.29, 0.717) is 18.9 Å². The smallest absolute Gasteiger partial charge is 0.245 e. The van der Waals surface area contributed by atoms with Crippen LogP contribution in [-0.4, -0.2) is 43.0 Å². The lowest BCUT2D eigenvalue weighted by molar-refractivity contribution is -0.136. The van der Waals surface area contributed by atoms with Gasteiger partial charge in [0.1, 0.15) is 24.2 Å². The Hall–Kier alpha value is -2.11. The molecule has 0 bridgehead atoms. The van der Waals surface area contributed by atoms with Crippen molar-refractivity contribution in [1.82, 2.24) is 10.2 Å². The molecule has 5 nitrogen and oxygen atoms in total. The summed E-state index contributed by atoms with van der Waals surface area (Å²) in [5, 5.41) is 2.66. The van der Waals surface area contributed by atoms with Gasteiger partial charge in [0.25, 0.3) is 0 Å². The summed E-state index contributed by atoms with van der Waals surface area (Å²) in [4.78, 5) is 25.0. The second-order valence-electron chi connectivity index (χ2n) is 5.48. The fourth-order valence-electron chi connectivity index (χ4n) is 1.91. The minimum atomic E-state index is -0.548. The molecule has 22 heavy (non-hydrogen) atoms. The first-order valence-corrected chi connectivity index (χ1v) is 7.21. The second-order valence-corrected chi connectivity index (χ2v) is 5.48. The summed E-state index contributed by atoms with van der Waals surface area (Å²) in [6.45, 7) is 5.81. The van der Waals surface area contributed by atoms with Crippen LogP contribution in [0, 0.1) is 11.7 Å². The van der Waals surface area contributed by atoms with E-state index in [-0.39, 0.29) is 23.5 Å². The van der Waals surface area contributed by atoms with Gasteiger partial charge in [0.2, 0.25) is 11.8 Å². The van der Waals surface area contributed by atoms with Gasteiger partial charge in [-0.05, 0) is 30.2 Å². The zero-order chi connectivity index (χ0) is 16.7. The summed E-state index contributed by atoms with van der Waals surface area (Å²) in [5.74, 6) is -0.174. The van der Waals surface area contributed by atoms with Crippen molar-refractivity contribution < 1.29 is 18.7 Å². The summed E-state index contributed by atoms with van der Waals surface area (Å²) < 4.78 is 18.2. The molecule has 0 aliphatic carbocycles. The van der Waals surface area contributed by atoms with Gasteiger partial charge in [0, 0.05) is 14.0 Å². The number of halogens is 1. The number of hydrogen-bond acceptors (Lipinski definition) is 3. The zero-order valence-corrected chi connectivity index (χ0v) is 13.4. The molecule has 0 saturated carbocycles. The molecule has 1 atom stereocenters. The van der Waals surface area contributed by atoms with Crippen LogP contribution in [0.15, 0.2) is 24.3 Å². The third-order valence-corrected chi connectivity index (χ3v) is 3.18. The van der Waals surface area contributed by atoms with Gasteiger partial charge in [-0.15, -0.1) is 0 Å².